The van der Waals surface area contributed by atoms with Gasteiger partial charge in [0.2, 0.25) is 0 Å². The Morgan fingerprint density at radius 3 is 2.54 bits per heavy atom. The van der Waals surface area contributed by atoms with Gasteiger partial charge in [0.15, 0.2) is 0 Å². The van der Waals surface area contributed by atoms with Crippen molar-refractivity contribution < 1.29 is 25.2 Å². The molecule has 1 aromatic rings. The number of carbonyl (C=O) groups is 1. The lowest BCUT2D eigenvalue weighted by molar-refractivity contribution is 0.0696. The molecule has 4 N–H and O–H groups in total. The molecule has 0 unspecified atom stereocenters. The van der Waals surface area contributed by atoms with E-state index >= 15 is 0 Å². The van der Waals surface area contributed by atoms with Gasteiger partial charge in [0.25, 0.3) is 0 Å². The number of aromatic carboxylic acids is 1. The van der Waals surface area contributed by atoms with Gasteiger partial charge in [0.1, 0.15) is 0 Å². The Bertz CT molecular complexity index is 664. The number of carboxylic acids is 1. The van der Waals surface area contributed by atoms with Crippen LogP contribution >= 0.6 is 0 Å². The molecule has 0 radical (unpaired) electrons. The van der Waals surface area contributed by atoms with Crippen LogP contribution in [0.3, 0.4) is 0 Å². The largest absolute Gasteiger partial charge is 0.478 e. The third-order valence-corrected chi connectivity index (χ3v) is 5.45. The molecule has 0 amide bonds. The zero-order chi connectivity index (χ0) is 20.5. The van der Waals surface area contributed by atoms with Crippen molar-refractivity contribution in [2.75, 3.05) is 0 Å². The molecule has 0 saturated heterocycles. The molecule has 154 valence electrons. The number of hydrogen-bond donors (Lipinski definition) is 4. The highest BCUT2D eigenvalue weighted by atomic mass is 16.4. The molecule has 5 heteroatoms. The van der Waals surface area contributed by atoms with E-state index in [0.29, 0.717) is 19.3 Å². The molecule has 1 saturated carbocycles. The summed E-state index contributed by atoms with van der Waals surface area (Å²) in [5, 5.41) is 39.6. The molecule has 0 aliphatic heterocycles. The van der Waals surface area contributed by atoms with Gasteiger partial charge in [-0.25, -0.2) is 4.79 Å². The maximum absolute atomic E-state index is 10.9. The molecular weight excluding hydrogens is 356 g/mol. The molecule has 5 nitrogen and oxygen atoms in total. The fraction of sp³-hybridized carbons (Fsp3) is 0.522. The van der Waals surface area contributed by atoms with E-state index in [1.807, 2.05) is 18.2 Å². The Morgan fingerprint density at radius 1 is 1.18 bits per heavy atom. The molecule has 28 heavy (non-hydrogen) atoms. The van der Waals surface area contributed by atoms with Gasteiger partial charge in [0.05, 0.1) is 23.9 Å². The van der Waals surface area contributed by atoms with Crippen molar-refractivity contribution in [3.8, 4) is 0 Å². The van der Waals surface area contributed by atoms with Gasteiger partial charge >= 0.3 is 5.97 Å². The number of unbranched alkanes of at least 4 members (excludes halogenated alkanes) is 2. The summed E-state index contributed by atoms with van der Waals surface area (Å²) < 4.78 is 0. The standard InChI is InChI=1S/C23H32O5/c1-2-3-4-7-18(24)13-14-20-19(21(25)15-22(20)26)8-5-6-16-9-11-17(12-10-16)23(27)28/h5-6,9-14,18-22,24-26H,2-4,7-8,15H2,1H3,(H,27,28)/b6-5-,14-13+/t18-,19+,20+,21-,22+/m0/s1. The third-order valence-electron chi connectivity index (χ3n) is 5.45. The van der Waals surface area contributed by atoms with Crippen LogP contribution in [0.2, 0.25) is 0 Å². The van der Waals surface area contributed by atoms with Gasteiger partial charge < -0.3 is 20.4 Å². The van der Waals surface area contributed by atoms with Crippen LogP contribution in [0.5, 0.6) is 0 Å². The molecule has 0 heterocycles. The Labute approximate surface area is 167 Å². The monoisotopic (exact) mass is 388 g/mol. The summed E-state index contributed by atoms with van der Waals surface area (Å²) in [5.74, 6) is -1.25. The molecular formula is C23H32O5. The van der Waals surface area contributed by atoms with Crippen LogP contribution in [0, 0.1) is 11.8 Å². The molecule has 1 aliphatic carbocycles. The second-order valence-electron chi connectivity index (χ2n) is 7.62. The van der Waals surface area contributed by atoms with E-state index in [9.17, 15) is 20.1 Å². The van der Waals surface area contributed by atoms with Gasteiger partial charge in [-0.05, 0) is 36.5 Å². The molecule has 2 rings (SSSR count). The SMILES string of the molecule is CCCCC[C@H](O)/C=C/[C@@H]1[C@@H](C/C=C\c2ccc(C(=O)O)cc2)[C@@H](O)C[C@H]1O. The highest BCUT2D eigenvalue weighted by Gasteiger charge is 2.39. The lowest BCUT2D eigenvalue weighted by Gasteiger charge is -2.19. The normalized spacial score (nSPS) is 26.3. The minimum absolute atomic E-state index is 0.108. The summed E-state index contributed by atoms with van der Waals surface area (Å²) in [6.45, 7) is 2.12. The van der Waals surface area contributed by atoms with Crippen LogP contribution in [-0.4, -0.2) is 44.7 Å². The summed E-state index contributed by atoms with van der Waals surface area (Å²) in [6, 6.07) is 6.59. The van der Waals surface area contributed by atoms with Crippen molar-refractivity contribution in [2.45, 2.75) is 63.8 Å². The van der Waals surface area contributed by atoms with Crippen molar-refractivity contribution in [3.63, 3.8) is 0 Å². The highest BCUT2D eigenvalue weighted by molar-refractivity contribution is 5.87. The van der Waals surface area contributed by atoms with Crippen LogP contribution in [0.4, 0.5) is 0 Å². The van der Waals surface area contributed by atoms with Gasteiger partial charge in [-0.3, -0.25) is 0 Å². The van der Waals surface area contributed by atoms with E-state index in [2.05, 4.69) is 6.92 Å². The number of allylic oxidation sites excluding steroid dienone is 1. The summed E-state index contributed by atoms with van der Waals surface area (Å²) in [7, 11) is 0. The number of rotatable bonds is 10. The maximum atomic E-state index is 10.9. The van der Waals surface area contributed by atoms with Crippen molar-refractivity contribution in [1.82, 2.24) is 0 Å². The summed E-state index contributed by atoms with van der Waals surface area (Å²) >= 11 is 0. The second-order valence-corrected chi connectivity index (χ2v) is 7.62. The van der Waals surface area contributed by atoms with Crippen molar-refractivity contribution in [1.29, 1.82) is 0 Å². The lowest BCUT2D eigenvalue weighted by atomic mass is 9.89. The maximum Gasteiger partial charge on any atom is 0.335 e. The quantitative estimate of drug-likeness (QED) is 0.362. The lowest BCUT2D eigenvalue weighted by Crippen LogP contribution is -2.20. The smallest absolute Gasteiger partial charge is 0.335 e. The minimum atomic E-state index is -0.954. The van der Waals surface area contributed by atoms with Crippen LogP contribution in [0.25, 0.3) is 6.08 Å². The Balaban J connectivity index is 1.94. The van der Waals surface area contributed by atoms with E-state index < -0.39 is 24.3 Å². The van der Waals surface area contributed by atoms with Crippen molar-refractivity contribution in [2.24, 2.45) is 11.8 Å². The first-order valence-corrected chi connectivity index (χ1v) is 10.1. The van der Waals surface area contributed by atoms with Crippen LogP contribution in [0.15, 0.2) is 42.5 Å². The van der Waals surface area contributed by atoms with E-state index in [1.165, 1.54) is 0 Å². The van der Waals surface area contributed by atoms with E-state index in [0.717, 1.165) is 24.8 Å². The fourth-order valence-electron chi connectivity index (χ4n) is 3.76. The highest BCUT2D eigenvalue weighted by Crippen LogP contribution is 2.36. The zero-order valence-electron chi connectivity index (χ0n) is 16.4. The van der Waals surface area contributed by atoms with Crippen molar-refractivity contribution >= 4 is 12.0 Å². The number of benzene rings is 1. The van der Waals surface area contributed by atoms with Crippen LogP contribution in [-0.2, 0) is 0 Å². The molecule has 0 bridgehead atoms. The molecule has 1 aromatic carbocycles. The van der Waals surface area contributed by atoms with Gasteiger partial charge in [-0.1, -0.05) is 62.6 Å². The van der Waals surface area contributed by atoms with Crippen molar-refractivity contribution in [3.05, 3.63) is 53.6 Å². The first kappa shape index (κ1) is 22.3. The number of aliphatic hydroxyl groups is 3. The Morgan fingerprint density at radius 2 is 1.89 bits per heavy atom. The summed E-state index contributed by atoms with van der Waals surface area (Å²) in [5.41, 5.74) is 1.13. The Hall–Kier alpha value is -1.95. The Kier molecular flexibility index (Phi) is 8.90. The first-order chi connectivity index (χ1) is 13.4. The average Bonchev–Trinajstić information content (AvgIpc) is 2.93. The predicted octanol–water partition coefficient (Wildman–Crippen LogP) is 3.64. The third kappa shape index (κ3) is 6.59. The molecule has 0 spiro atoms. The minimum Gasteiger partial charge on any atom is -0.478 e. The van der Waals surface area contributed by atoms with E-state index in [4.69, 9.17) is 5.11 Å². The number of aliphatic hydroxyl groups excluding tert-OH is 3. The molecule has 1 aliphatic rings. The van der Waals surface area contributed by atoms with Crippen LogP contribution < -0.4 is 0 Å². The summed E-state index contributed by atoms with van der Waals surface area (Å²) in [6.07, 6.45) is 10.6. The first-order valence-electron chi connectivity index (χ1n) is 10.1. The van der Waals surface area contributed by atoms with Gasteiger partial charge in [-0.15, -0.1) is 0 Å². The molecule has 0 aromatic heterocycles. The predicted molar refractivity (Wildman–Crippen MR) is 110 cm³/mol. The number of hydrogen-bond acceptors (Lipinski definition) is 4. The zero-order valence-corrected chi connectivity index (χ0v) is 16.4. The van der Waals surface area contributed by atoms with Gasteiger partial charge in [0, 0.05) is 12.3 Å². The topological polar surface area (TPSA) is 98.0 Å². The second kappa shape index (κ2) is 11.1. The van der Waals surface area contributed by atoms with Gasteiger partial charge in [-0.2, -0.15) is 0 Å². The van der Waals surface area contributed by atoms with E-state index in [1.54, 1.807) is 30.3 Å². The van der Waals surface area contributed by atoms with E-state index in [-0.39, 0.29) is 17.4 Å². The number of carboxylic acid groups (broad SMARTS) is 1. The molecule has 1 fully saturated rings. The molecule has 5 atom stereocenters. The van der Waals surface area contributed by atoms with Crippen LogP contribution in [0.1, 0.15) is 61.4 Å². The average molecular weight is 389 g/mol. The summed E-state index contributed by atoms with van der Waals surface area (Å²) in [4.78, 5) is 10.9. The fourth-order valence-corrected chi connectivity index (χ4v) is 3.76.